The van der Waals surface area contributed by atoms with Crippen LogP contribution < -0.4 is 0 Å². The summed E-state index contributed by atoms with van der Waals surface area (Å²) in [5.41, 5.74) is 0. The summed E-state index contributed by atoms with van der Waals surface area (Å²) in [5.74, 6) is -0.499. The van der Waals surface area contributed by atoms with E-state index in [1.54, 1.807) is 19.1 Å². The Labute approximate surface area is 120 Å². The first kappa shape index (κ1) is 16.8. The lowest BCUT2D eigenvalue weighted by molar-refractivity contribution is -0.144. The molecule has 0 aromatic rings. The normalized spacial score (nSPS) is 22.6. The van der Waals surface area contributed by atoms with Crippen molar-refractivity contribution in [3.05, 3.63) is 0 Å². The number of carbonyl (C=O) groups is 2. The standard InChI is InChI=1S/C14H26N2O4/c1-4-11-6-8-16(12(10-11)13(17)18)14(19)15(2)7-5-9-20-3/h11-12H,4-10H2,1-3H3,(H,17,18). The Morgan fingerprint density at radius 3 is 2.70 bits per heavy atom. The first-order chi connectivity index (χ1) is 9.51. The van der Waals surface area contributed by atoms with Crippen LogP contribution in [0.1, 0.15) is 32.6 Å². The average Bonchev–Trinajstić information content (AvgIpc) is 2.45. The number of rotatable bonds is 6. The Morgan fingerprint density at radius 2 is 2.15 bits per heavy atom. The first-order valence-corrected chi connectivity index (χ1v) is 7.24. The van der Waals surface area contributed by atoms with Crippen LogP contribution in [0.25, 0.3) is 0 Å². The number of likely N-dealkylation sites (tertiary alicyclic amines) is 1. The van der Waals surface area contributed by atoms with Crippen LogP contribution in [0, 0.1) is 5.92 Å². The lowest BCUT2D eigenvalue weighted by Crippen LogP contribution is -2.54. The molecule has 1 N–H and O–H groups in total. The van der Waals surface area contributed by atoms with Gasteiger partial charge in [0.2, 0.25) is 0 Å². The van der Waals surface area contributed by atoms with Gasteiger partial charge in [0.05, 0.1) is 0 Å². The molecule has 1 aliphatic heterocycles. The summed E-state index contributed by atoms with van der Waals surface area (Å²) in [6, 6.07) is -0.880. The summed E-state index contributed by atoms with van der Waals surface area (Å²) in [7, 11) is 3.33. The van der Waals surface area contributed by atoms with Gasteiger partial charge in [-0.3, -0.25) is 0 Å². The number of methoxy groups -OCH3 is 1. The van der Waals surface area contributed by atoms with Gasteiger partial charge in [0, 0.05) is 33.9 Å². The Kier molecular flexibility index (Phi) is 6.78. The van der Waals surface area contributed by atoms with Crippen LogP contribution >= 0.6 is 0 Å². The molecule has 1 aliphatic rings. The number of nitrogens with zero attached hydrogens (tertiary/aromatic N) is 2. The third kappa shape index (κ3) is 4.37. The van der Waals surface area contributed by atoms with Gasteiger partial charge in [-0.1, -0.05) is 13.3 Å². The number of carboxylic acids is 1. The molecule has 0 saturated carbocycles. The molecule has 2 atom stereocenters. The van der Waals surface area contributed by atoms with E-state index in [9.17, 15) is 14.7 Å². The molecule has 1 rings (SSSR count). The summed E-state index contributed by atoms with van der Waals surface area (Å²) in [6.45, 7) is 3.77. The molecule has 0 spiro atoms. The minimum absolute atomic E-state index is 0.192. The van der Waals surface area contributed by atoms with Crippen LogP contribution in [0.2, 0.25) is 0 Å². The average molecular weight is 286 g/mol. The van der Waals surface area contributed by atoms with E-state index in [1.807, 2.05) is 0 Å². The number of amides is 2. The smallest absolute Gasteiger partial charge is 0.326 e. The van der Waals surface area contributed by atoms with Gasteiger partial charge < -0.3 is 19.6 Å². The molecule has 2 amide bonds. The van der Waals surface area contributed by atoms with Crippen molar-refractivity contribution in [3.63, 3.8) is 0 Å². The van der Waals surface area contributed by atoms with Crippen molar-refractivity contribution < 1.29 is 19.4 Å². The SMILES string of the molecule is CCC1CCN(C(=O)N(C)CCCOC)C(C(=O)O)C1. The predicted octanol–water partition coefficient (Wildman–Crippen LogP) is 1.65. The largest absolute Gasteiger partial charge is 0.480 e. The molecule has 116 valence electrons. The number of aliphatic carboxylic acids is 1. The van der Waals surface area contributed by atoms with Crippen LogP contribution in [0.4, 0.5) is 4.79 Å². The summed E-state index contributed by atoms with van der Waals surface area (Å²) in [6.07, 6.45) is 3.17. The quantitative estimate of drug-likeness (QED) is 0.754. The van der Waals surface area contributed by atoms with Crippen LogP contribution in [-0.2, 0) is 9.53 Å². The minimum Gasteiger partial charge on any atom is -0.480 e. The Morgan fingerprint density at radius 1 is 1.45 bits per heavy atom. The van der Waals surface area contributed by atoms with Crippen LogP contribution in [0.15, 0.2) is 0 Å². The van der Waals surface area contributed by atoms with Gasteiger partial charge in [0.15, 0.2) is 0 Å². The molecule has 20 heavy (non-hydrogen) atoms. The molecule has 1 fully saturated rings. The zero-order chi connectivity index (χ0) is 15.1. The van der Waals surface area contributed by atoms with Crippen molar-refractivity contribution in [2.24, 2.45) is 5.92 Å². The number of hydrogen-bond donors (Lipinski definition) is 1. The fraction of sp³-hybridized carbons (Fsp3) is 0.857. The molecular weight excluding hydrogens is 260 g/mol. The highest BCUT2D eigenvalue weighted by atomic mass is 16.5. The van der Waals surface area contributed by atoms with E-state index in [-0.39, 0.29) is 6.03 Å². The molecule has 1 saturated heterocycles. The Balaban J connectivity index is 2.62. The third-order valence-electron chi connectivity index (χ3n) is 3.99. The molecule has 6 nitrogen and oxygen atoms in total. The second kappa shape index (κ2) is 8.09. The Bertz CT molecular complexity index is 335. The fourth-order valence-corrected chi connectivity index (χ4v) is 2.63. The maximum absolute atomic E-state index is 12.3. The molecular formula is C14H26N2O4. The van der Waals surface area contributed by atoms with Crippen molar-refractivity contribution in [1.82, 2.24) is 9.80 Å². The predicted molar refractivity (Wildman–Crippen MR) is 75.7 cm³/mol. The molecule has 0 aliphatic carbocycles. The van der Waals surface area contributed by atoms with Crippen molar-refractivity contribution in [1.29, 1.82) is 0 Å². The van der Waals surface area contributed by atoms with E-state index in [0.717, 1.165) is 19.3 Å². The van der Waals surface area contributed by atoms with Gasteiger partial charge in [-0.15, -0.1) is 0 Å². The molecule has 2 unspecified atom stereocenters. The van der Waals surface area contributed by atoms with Crippen LogP contribution in [-0.4, -0.2) is 66.8 Å². The number of urea groups is 1. The molecule has 0 aromatic heterocycles. The van der Waals surface area contributed by atoms with Gasteiger partial charge in [-0.05, 0) is 25.2 Å². The van der Waals surface area contributed by atoms with E-state index in [1.165, 1.54) is 4.90 Å². The monoisotopic (exact) mass is 286 g/mol. The zero-order valence-corrected chi connectivity index (χ0v) is 12.7. The van der Waals surface area contributed by atoms with Crippen molar-refractivity contribution in [3.8, 4) is 0 Å². The third-order valence-corrected chi connectivity index (χ3v) is 3.99. The second-order valence-electron chi connectivity index (χ2n) is 5.40. The van der Waals surface area contributed by atoms with Crippen molar-refractivity contribution in [2.45, 2.75) is 38.6 Å². The maximum atomic E-state index is 12.3. The number of ether oxygens (including phenoxy) is 1. The van der Waals surface area contributed by atoms with E-state index in [0.29, 0.717) is 32.0 Å². The lowest BCUT2D eigenvalue weighted by atomic mass is 9.89. The molecule has 6 heteroatoms. The van der Waals surface area contributed by atoms with Gasteiger partial charge in [0.25, 0.3) is 0 Å². The van der Waals surface area contributed by atoms with Gasteiger partial charge in [0.1, 0.15) is 6.04 Å². The zero-order valence-electron chi connectivity index (χ0n) is 12.7. The fourth-order valence-electron chi connectivity index (χ4n) is 2.63. The van der Waals surface area contributed by atoms with Gasteiger partial charge in [-0.2, -0.15) is 0 Å². The highest BCUT2D eigenvalue weighted by Crippen LogP contribution is 2.26. The van der Waals surface area contributed by atoms with Gasteiger partial charge in [-0.25, -0.2) is 9.59 Å². The van der Waals surface area contributed by atoms with E-state index < -0.39 is 12.0 Å². The number of carboxylic acid groups (broad SMARTS) is 1. The van der Waals surface area contributed by atoms with E-state index >= 15 is 0 Å². The highest BCUT2D eigenvalue weighted by Gasteiger charge is 2.36. The molecule has 0 bridgehead atoms. The van der Waals surface area contributed by atoms with E-state index in [4.69, 9.17) is 4.74 Å². The van der Waals surface area contributed by atoms with Gasteiger partial charge >= 0.3 is 12.0 Å². The maximum Gasteiger partial charge on any atom is 0.326 e. The second-order valence-corrected chi connectivity index (χ2v) is 5.40. The van der Waals surface area contributed by atoms with E-state index in [2.05, 4.69) is 6.92 Å². The van der Waals surface area contributed by atoms with Crippen molar-refractivity contribution in [2.75, 3.05) is 33.9 Å². The first-order valence-electron chi connectivity index (χ1n) is 7.24. The highest BCUT2D eigenvalue weighted by molar-refractivity contribution is 5.82. The molecule has 0 radical (unpaired) electrons. The summed E-state index contributed by atoms with van der Waals surface area (Å²) >= 11 is 0. The number of hydrogen-bond acceptors (Lipinski definition) is 3. The minimum atomic E-state index is -0.901. The van der Waals surface area contributed by atoms with Crippen molar-refractivity contribution >= 4 is 12.0 Å². The topological polar surface area (TPSA) is 70.1 Å². The number of piperidine rings is 1. The lowest BCUT2D eigenvalue weighted by Gasteiger charge is -2.38. The molecule has 1 heterocycles. The Hall–Kier alpha value is -1.30. The number of carbonyl (C=O) groups excluding carboxylic acids is 1. The summed E-state index contributed by atoms with van der Waals surface area (Å²) < 4.78 is 4.96. The molecule has 0 aromatic carbocycles. The van der Waals surface area contributed by atoms with Crippen LogP contribution in [0.5, 0.6) is 0 Å². The van der Waals surface area contributed by atoms with Crippen LogP contribution in [0.3, 0.4) is 0 Å². The summed E-state index contributed by atoms with van der Waals surface area (Å²) in [4.78, 5) is 26.8. The summed E-state index contributed by atoms with van der Waals surface area (Å²) in [5, 5.41) is 9.33.